The van der Waals surface area contributed by atoms with Crippen LogP contribution in [0.1, 0.15) is 40.4 Å². The molecule has 0 unspecified atom stereocenters. The quantitative estimate of drug-likeness (QED) is 0.349. The molecule has 7 nitrogen and oxygen atoms in total. The Morgan fingerprint density at radius 3 is 2.67 bits per heavy atom. The van der Waals surface area contributed by atoms with Crippen LogP contribution in [0, 0.1) is 6.92 Å². The minimum Gasteiger partial charge on any atom is -0.592 e. The predicted octanol–water partition coefficient (Wildman–Crippen LogP) is 2.17. The summed E-state index contributed by atoms with van der Waals surface area (Å²) < 4.78 is 21.6. The Bertz CT molecular complexity index is 746. The zero-order valence-corrected chi connectivity index (χ0v) is 14.8. The SMILES string of the molecule is CC/C(=C\Cc1c([OH2+])c2c(c(C)c1OC)COC2=O)CP(=O)(O)O. The molecule has 1 aromatic carbocycles. The van der Waals surface area contributed by atoms with Gasteiger partial charge >= 0.3 is 13.6 Å². The Balaban J connectivity index is 2.47. The first-order valence-electron chi connectivity index (χ1n) is 7.53. The van der Waals surface area contributed by atoms with Gasteiger partial charge in [0.15, 0.2) is 5.56 Å². The highest BCUT2D eigenvalue weighted by Crippen LogP contribution is 2.42. The number of cyclic esters (lactones) is 1. The van der Waals surface area contributed by atoms with Crippen molar-refractivity contribution in [2.45, 2.75) is 33.3 Å². The molecule has 1 aliphatic heterocycles. The summed E-state index contributed by atoms with van der Waals surface area (Å²) in [7, 11) is -2.65. The van der Waals surface area contributed by atoms with Crippen molar-refractivity contribution >= 4 is 13.6 Å². The van der Waals surface area contributed by atoms with Crippen molar-refractivity contribution in [1.29, 1.82) is 0 Å². The molecule has 132 valence electrons. The summed E-state index contributed by atoms with van der Waals surface area (Å²) in [5.41, 5.74) is 2.80. The first kappa shape index (κ1) is 18.5. The van der Waals surface area contributed by atoms with E-state index in [0.717, 1.165) is 5.56 Å². The summed E-state index contributed by atoms with van der Waals surface area (Å²) in [6, 6.07) is 0. The second kappa shape index (κ2) is 6.97. The Morgan fingerprint density at radius 2 is 2.12 bits per heavy atom. The lowest BCUT2D eigenvalue weighted by Crippen LogP contribution is -2.03. The minimum absolute atomic E-state index is 0.0535. The topological polar surface area (TPSA) is 116 Å². The molecule has 0 fully saturated rings. The van der Waals surface area contributed by atoms with Gasteiger partial charge in [-0.05, 0) is 18.9 Å². The molecular weight excluding hydrogens is 335 g/mol. The molecule has 0 saturated heterocycles. The van der Waals surface area contributed by atoms with Gasteiger partial charge in [0.1, 0.15) is 12.4 Å². The number of rotatable bonds is 6. The van der Waals surface area contributed by atoms with Crippen LogP contribution in [0.4, 0.5) is 0 Å². The van der Waals surface area contributed by atoms with Crippen molar-refractivity contribution in [1.82, 2.24) is 0 Å². The first-order chi connectivity index (χ1) is 11.2. The molecule has 0 atom stereocenters. The predicted molar refractivity (Wildman–Crippen MR) is 88.9 cm³/mol. The Hall–Kier alpha value is -1.82. The van der Waals surface area contributed by atoms with Gasteiger partial charge in [-0.1, -0.05) is 18.6 Å². The van der Waals surface area contributed by atoms with E-state index in [0.29, 0.717) is 28.9 Å². The fourth-order valence-electron chi connectivity index (χ4n) is 2.88. The highest BCUT2D eigenvalue weighted by molar-refractivity contribution is 7.52. The molecule has 2 rings (SSSR count). The van der Waals surface area contributed by atoms with Crippen molar-refractivity contribution in [3.63, 3.8) is 0 Å². The molecule has 0 radical (unpaired) electrons. The summed E-state index contributed by atoms with van der Waals surface area (Å²) in [5, 5.41) is 8.32. The van der Waals surface area contributed by atoms with Gasteiger partial charge in [-0.15, -0.1) is 0 Å². The van der Waals surface area contributed by atoms with Crippen LogP contribution in [-0.4, -0.2) is 34.1 Å². The van der Waals surface area contributed by atoms with Crippen molar-refractivity contribution < 1.29 is 33.7 Å². The van der Waals surface area contributed by atoms with E-state index in [1.807, 2.05) is 13.8 Å². The number of allylic oxidation sites excluding steroid dienone is 2. The molecule has 0 aliphatic carbocycles. The Labute approximate surface area is 140 Å². The van der Waals surface area contributed by atoms with Gasteiger partial charge in [0, 0.05) is 12.0 Å². The van der Waals surface area contributed by atoms with Crippen molar-refractivity contribution in [3.05, 3.63) is 33.9 Å². The van der Waals surface area contributed by atoms with Crippen molar-refractivity contribution in [2.75, 3.05) is 13.3 Å². The van der Waals surface area contributed by atoms with E-state index < -0.39 is 13.6 Å². The second-order valence-corrected chi connectivity index (χ2v) is 7.33. The van der Waals surface area contributed by atoms with Crippen LogP contribution < -0.4 is 4.74 Å². The summed E-state index contributed by atoms with van der Waals surface area (Å²) in [6.45, 7) is 3.76. The van der Waals surface area contributed by atoms with E-state index >= 15 is 0 Å². The van der Waals surface area contributed by atoms with E-state index in [1.54, 1.807) is 6.08 Å². The van der Waals surface area contributed by atoms with Crippen LogP contribution in [0.2, 0.25) is 0 Å². The molecule has 1 aliphatic rings. The zero-order valence-electron chi connectivity index (χ0n) is 13.9. The number of benzene rings is 1. The highest BCUT2D eigenvalue weighted by atomic mass is 31.2. The summed E-state index contributed by atoms with van der Waals surface area (Å²) in [6.07, 6.45) is 2.13. The van der Waals surface area contributed by atoms with Gasteiger partial charge in [-0.25, -0.2) is 4.79 Å². The van der Waals surface area contributed by atoms with Crippen molar-refractivity contribution in [3.8, 4) is 11.5 Å². The molecule has 0 aromatic heterocycles. The lowest BCUT2D eigenvalue weighted by atomic mass is 9.95. The van der Waals surface area contributed by atoms with Crippen LogP contribution in [0.15, 0.2) is 11.6 Å². The number of carbonyl (C=O) groups excluding carboxylic acids is 1. The number of ether oxygens (including phenoxy) is 2. The summed E-state index contributed by atoms with van der Waals surface area (Å²) in [4.78, 5) is 30.1. The number of carbonyl (C=O) groups is 1. The zero-order chi connectivity index (χ0) is 18.1. The van der Waals surface area contributed by atoms with E-state index in [1.165, 1.54) is 7.11 Å². The minimum atomic E-state index is -4.14. The molecule has 4 N–H and O–H groups in total. The molecule has 24 heavy (non-hydrogen) atoms. The molecular formula is C16H22O7P+. The van der Waals surface area contributed by atoms with E-state index in [9.17, 15) is 9.36 Å². The summed E-state index contributed by atoms with van der Waals surface area (Å²) in [5.74, 6) is 0.0506. The number of hydrogen-bond acceptors (Lipinski definition) is 4. The third-order valence-electron chi connectivity index (χ3n) is 4.13. The van der Waals surface area contributed by atoms with Crippen LogP contribution >= 0.6 is 7.60 Å². The van der Waals surface area contributed by atoms with E-state index in [2.05, 4.69) is 0 Å². The third kappa shape index (κ3) is 3.64. The lowest BCUT2D eigenvalue weighted by Gasteiger charge is -2.14. The maximum absolute atomic E-state index is 11.9. The molecule has 1 aromatic rings. The number of fused-ring (bicyclic) bond motifs is 1. The van der Waals surface area contributed by atoms with Gasteiger partial charge in [-0.2, -0.15) is 0 Å². The smallest absolute Gasteiger partial charge is 0.348 e. The van der Waals surface area contributed by atoms with Crippen LogP contribution in [0.25, 0.3) is 0 Å². The van der Waals surface area contributed by atoms with E-state index in [-0.39, 0.29) is 30.5 Å². The number of methoxy groups -OCH3 is 1. The average molecular weight is 357 g/mol. The first-order valence-corrected chi connectivity index (χ1v) is 9.32. The van der Waals surface area contributed by atoms with Crippen LogP contribution in [-0.2, 0) is 22.3 Å². The third-order valence-corrected chi connectivity index (χ3v) is 4.95. The van der Waals surface area contributed by atoms with Gasteiger partial charge in [0.25, 0.3) is 5.75 Å². The molecule has 8 heteroatoms. The molecule has 0 saturated carbocycles. The number of hydrogen-bond donors (Lipinski definition) is 2. The fraction of sp³-hybridized carbons (Fsp3) is 0.438. The van der Waals surface area contributed by atoms with Crippen molar-refractivity contribution in [2.24, 2.45) is 0 Å². The lowest BCUT2D eigenvalue weighted by molar-refractivity contribution is 0.0533. The summed E-state index contributed by atoms with van der Waals surface area (Å²) >= 11 is 0. The van der Waals surface area contributed by atoms with Gasteiger partial charge in [-0.3, -0.25) is 4.57 Å². The standard InChI is InChI=1S/C16H21O7P/c1-4-10(8-24(19,20)21)5-6-11-14(17)13-12(7-23-16(13)18)9(2)15(11)22-3/h5,17H,4,6-8H2,1-3H3,(H2,19,20,21)/p+1/b10-5+. The molecule has 0 amide bonds. The fourth-order valence-corrected chi connectivity index (χ4v) is 3.77. The normalized spacial score (nSPS) is 14.5. The van der Waals surface area contributed by atoms with Crippen LogP contribution in [0.3, 0.4) is 0 Å². The molecule has 1 heterocycles. The Morgan fingerprint density at radius 1 is 1.46 bits per heavy atom. The average Bonchev–Trinajstić information content (AvgIpc) is 2.89. The molecule has 0 bridgehead atoms. The van der Waals surface area contributed by atoms with Gasteiger partial charge in [0.2, 0.25) is 0 Å². The maximum atomic E-state index is 11.9. The maximum Gasteiger partial charge on any atom is 0.348 e. The largest absolute Gasteiger partial charge is 0.592 e. The monoisotopic (exact) mass is 357 g/mol. The Kier molecular flexibility index (Phi) is 5.38. The highest BCUT2D eigenvalue weighted by Gasteiger charge is 2.34. The van der Waals surface area contributed by atoms with Crippen LogP contribution in [0.5, 0.6) is 11.5 Å². The number of esters is 1. The molecule has 0 spiro atoms. The van der Waals surface area contributed by atoms with Gasteiger partial charge in [0.05, 0.1) is 18.8 Å². The van der Waals surface area contributed by atoms with E-state index in [4.69, 9.17) is 24.4 Å². The van der Waals surface area contributed by atoms with Gasteiger partial charge < -0.3 is 24.4 Å². The second-order valence-electron chi connectivity index (χ2n) is 5.68.